The third-order valence-corrected chi connectivity index (χ3v) is 3.58. The molecule has 0 aliphatic heterocycles. The highest BCUT2D eigenvalue weighted by atomic mass is 16.5. The maximum absolute atomic E-state index is 11.4. The largest absolute Gasteiger partial charge is 0.465 e. The first-order valence-corrected chi connectivity index (χ1v) is 6.69. The van der Waals surface area contributed by atoms with Crippen LogP contribution >= 0.6 is 0 Å². The van der Waals surface area contributed by atoms with Crippen molar-refractivity contribution in [3.05, 3.63) is 65.9 Å². The Balaban J connectivity index is 1.88. The molecule has 2 aromatic carbocycles. The van der Waals surface area contributed by atoms with Gasteiger partial charge in [0.25, 0.3) is 0 Å². The fraction of sp³-hybridized carbons (Fsp3) is 0.118. The first-order chi connectivity index (χ1) is 10.2. The third kappa shape index (κ3) is 2.48. The van der Waals surface area contributed by atoms with Crippen molar-refractivity contribution < 1.29 is 9.53 Å². The summed E-state index contributed by atoms with van der Waals surface area (Å²) in [5.74, 6) is -0.319. The van der Waals surface area contributed by atoms with Crippen LogP contribution in [0.2, 0.25) is 0 Å². The van der Waals surface area contributed by atoms with Crippen LogP contribution < -0.4 is 5.73 Å². The van der Waals surface area contributed by atoms with Gasteiger partial charge in [-0.2, -0.15) is 0 Å². The SMILES string of the molecule is COC(=O)c1ccc(Cn2ccc3c(N)cccc32)cc1. The highest BCUT2D eigenvalue weighted by molar-refractivity contribution is 5.91. The Hall–Kier alpha value is -2.75. The number of nitrogens with zero attached hydrogens (tertiary/aromatic N) is 1. The summed E-state index contributed by atoms with van der Waals surface area (Å²) in [5.41, 5.74) is 9.53. The number of carbonyl (C=O) groups is 1. The molecule has 4 nitrogen and oxygen atoms in total. The molecule has 1 heterocycles. The summed E-state index contributed by atoms with van der Waals surface area (Å²) in [6, 6.07) is 15.4. The van der Waals surface area contributed by atoms with Crippen LogP contribution in [0.15, 0.2) is 54.7 Å². The molecular weight excluding hydrogens is 264 g/mol. The van der Waals surface area contributed by atoms with E-state index >= 15 is 0 Å². The smallest absolute Gasteiger partial charge is 0.337 e. The van der Waals surface area contributed by atoms with E-state index in [-0.39, 0.29) is 5.97 Å². The van der Waals surface area contributed by atoms with Crippen molar-refractivity contribution in [1.29, 1.82) is 0 Å². The molecule has 106 valence electrons. The van der Waals surface area contributed by atoms with E-state index in [1.165, 1.54) is 7.11 Å². The van der Waals surface area contributed by atoms with Gasteiger partial charge < -0.3 is 15.0 Å². The predicted octanol–water partition coefficient (Wildman–Crippen LogP) is 3.06. The summed E-state index contributed by atoms with van der Waals surface area (Å²) in [6.07, 6.45) is 2.02. The minimum Gasteiger partial charge on any atom is -0.465 e. The number of rotatable bonds is 3. The number of carbonyl (C=O) groups excluding carboxylic acids is 1. The molecule has 3 rings (SSSR count). The van der Waals surface area contributed by atoms with Crippen LogP contribution in [0.25, 0.3) is 10.9 Å². The fourth-order valence-corrected chi connectivity index (χ4v) is 2.45. The fourth-order valence-electron chi connectivity index (χ4n) is 2.45. The zero-order valence-corrected chi connectivity index (χ0v) is 11.7. The van der Waals surface area contributed by atoms with Gasteiger partial charge in [0.05, 0.1) is 18.2 Å². The number of nitrogens with two attached hydrogens (primary N) is 1. The van der Waals surface area contributed by atoms with E-state index in [0.29, 0.717) is 5.56 Å². The number of anilines is 1. The zero-order chi connectivity index (χ0) is 14.8. The summed E-state index contributed by atoms with van der Waals surface area (Å²) in [7, 11) is 1.38. The number of fused-ring (bicyclic) bond motifs is 1. The van der Waals surface area contributed by atoms with E-state index in [2.05, 4.69) is 10.6 Å². The van der Waals surface area contributed by atoms with Gasteiger partial charge in [-0.05, 0) is 35.9 Å². The van der Waals surface area contributed by atoms with Gasteiger partial charge in [0.15, 0.2) is 0 Å². The first-order valence-electron chi connectivity index (χ1n) is 6.69. The Kier molecular flexibility index (Phi) is 3.36. The lowest BCUT2D eigenvalue weighted by atomic mass is 10.1. The Labute approximate surface area is 122 Å². The molecule has 0 atom stereocenters. The Bertz CT molecular complexity index is 788. The lowest BCUT2D eigenvalue weighted by molar-refractivity contribution is 0.0600. The van der Waals surface area contributed by atoms with Crippen LogP contribution in [0.1, 0.15) is 15.9 Å². The van der Waals surface area contributed by atoms with Crippen LogP contribution in [0, 0.1) is 0 Å². The molecular formula is C17H16N2O2. The Morgan fingerprint density at radius 2 is 1.90 bits per heavy atom. The van der Waals surface area contributed by atoms with Crippen LogP contribution in [0.5, 0.6) is 0 Å². The Morgan fingerprint density at radius 3 is 2.62 bits per heavy atom. The summed E-state index contributed by atoms with van der Waals surface area (Å²) >= 11 is 0. The predicted molar refractivity (Wildman–Crippen MR) is 83.2 cm³/mol. The van der Waals surface area contributed by atoms with Gasteiger partial charge in [-0.15, -0.1) is 0 Å². The number of nitrogen functional groups attached to an aromatic ring is 1. The number of hydrogen-bond donors (Lipinski definition) is 1. The topological polar surface area (TPSA) is 57.2 Å². The monoisotopic (exact) mass is 280 g/mol. The number of aromatic nitrogens is 1. The molecule has 0 unspecified atom stereocenters. The number of methoxy groups -OCH3 is 1. The second-order valence-corrected chi connectivity index (χ2v) is 4.91. The lowest BCUT2D eigenvalue weighted by Crippen LogP contribution is -2.02. The van der Waals surface area contributed by atoms with Gasteiger partial charge in [-0.25, -0.2) is 4.79 Å². The minimum absolute atomic E-state index is 0.319. The van der Waals surface area contributed by atoms with Crippen molar-refractivity contribution in [3.63, 3.8) is 0 Å². The van der Waals surface area contributed by atoms with Gasteiger partial charge >= 0.3 is 5.97 Å². The van der Waals surface area contributed by atoms with Gasteiger partial charge in [0, 0.05) is 23.8 Å². The van der Waals surface area contributed by atoms with Crippen LogP contribution in [0.4, 0.5) is 5.69 Å². The highest BCUT2D eigenvalue weighted by Gasteiger charge is 2.06. The zero-order valence-electron chi connectivity index (χ0n) is 11.7. The molecule has 0 aliphatic rings. The molecule has 0 spiro atoms. The number of esters is 1. The van der Waals surface area contributed by atoms with Crippen molar-refractivity contribution in [1.82, 2.24) is 4.57 Å². The van der Waals surface area contributed by atoms with E-state index in [4.69, 9.17) is 10.5 Å². The molecule has 3 aromatic rings. The van der Waals surface area contributed by atoms with Gasteiger partial charge in [-0.1, -0.05) is 18.2 Å². The first kappa shape index (κ1) is 13.2. The van der Waals surface area contributed by atoms with Gasteiger partial charge in [0.2, 0.25) is 0 Å². The number of hydrogen-bond acceptors (Lipinski definition) is 3. The summed E-state index contributed by atoms with van der Waals surface area (Å²) < 4.78 is 6.83. The molecule has 0 fully saturated rings. The van der Waals surface area contributed by atoms with E-state index < -0.39 is 0 Å². The highest BCUT2D eigenvalue weighted by Crippen LogP contribution is 2.22. The van der Waals surface area contributed by atoms with Gasteiger partial charge in [-0.3, -0.25) is 0 Å². The molecule has 0 saturated carbocycles. The summed E-state index contributed by atoms with van der Waals surface area (Å²) in [6.45, 7) is 0.731. The normalized spacial score (nSPS) is 10.7. The molecule has 2 N–H and O–H groups in total. The third-order valence-electron chi connectivity index (χ3n) is 3.58. The standard InChI is InChI=1S/C17H16N2O2/c1-21-17(20)13-7-5-12(6-8-13)11-19-10-9-14-15(18)3-2-4-16(14)19/h2-10H,11,18H2,1H3. The second kappa shape index (κ2) is 5.32. The van der Waals surface area contributed by atoms with E-state index in [0.717, 1.165) is 28.7 Å². The van der Waals surface area contributed by atoms with Gasteiger partial charge in [0.1, 0.15) is 0 Å². The molecule has 0 bridgehead atoms. The van der Waals surface area contributed by atoms with Crippen molar-refractivity contribution in [2.45, 2.75) is 6.54 Å². The second-order valence-electron chi connectivity index (χ2n) is 4.91. The van der Waals surface area contributed by atoms with E-state index in [9.17, 15) is 4.79 Å². The van der Waals surface area contributed by atoms with Crippen molar-refractivity contribution in [2.75, 3.05) is 12.8 Å². The molecule has 0 saturated heterocycles. The Morgan fingerprint density at radius 1 is 1.14 bits per heavy atom. The quantitative estimate of drug-likeness (QED) is 0.592. The van der Waals surface area contributed by atoms with E-state index in [1.807, 2.05) is 36.5 Å². The van der Waals surface area contributed by atoms with Crippen LogP contribution in [-0.2, 0) is 11.3 Å². The minimum atomic E-state index is -0.319. The maximum Gasteiger partial charge on any atom is 0.337 e. The van der Waals surface area contributed by atoms with E-state index in [1.54, 1.807) is 12.1 Å². The molecule has 0 amide bonds. The average Bonchev–Trinajstić information content (AvgIpc) is 2.92. The van der Waals surface area contributed by atoms with Crippen molar-refractivity contribution in [2.24, 2.45) is 0 Å². The summed E-state index contributed by atoms with van der Waals surface area (Å²) in [4.78, 5) is 11.4. The maximum atomic E-state index is 11.4. The van der Waals surface area contributed by atoms with Crippen molar-refractivity contribution in [3.8, 4) is 0 Å². The lowest BCUT2D eigenvalue weighted by Gasteiger charge is -2.07. The summed E-state index contributed by atoms with van der Waals surface area (Å²) in [5, 5.41) is 1.06. The molecule has 4 heteroatoms. The van der Waals surface area contributed by atoms with Crippen molar-refractivity contribution >= 4 is 22.6 Å². The molecule has 1 aromatic heterocycles. The average molecular weight is 280 g/mol. The molecule has 0 aliphatic carbocycles. The molecule has 0 radical (unpaired) electrons. The number of ether oxygens (including phenoxy) is 1. The number of benzene rings is 2. The molecule has 21 heavy (non-hydrogen) atoms. The van der Waals surface area contributed by atoms with Crippen LogP contribution in [-0.4, -0.2) is 17.6 Å². The van der Waals surface area contributed by atoms with Crippen LogP contribution in [0.3, 0.4) is 0 Å².